The number of unbranched alkanes of at least 4 members (excludes halogenated alkanes) is 2. The van der Waals surface area contributed by atoms with Gasteiger partial charge in [0.05, 0.1) is 15.1 Å². The maximum absolute atomic E-state index is 13.6. The molecule has 202 valence electrons. The molecule has 0 aliphatic rings. The summed E-state index contributed by atoms with van der Waals surface area (Å²) in [6.45, 7) is 8.41. The van der Waals surface area contributed by atoms with Crippen LogP contribution >= 0.6 is 11.3 Å². The number of aryl methyl sites for hydroxylation is 1. The molecule has 0 unspecified atom stereocenters. The molecule has 1 heterocycles. The monoisotopic (exact) mass is 544 g/mol. The molecule has 0 atom stereocenters. The molecule has 0 N–H and O–H groups in total. The third kappa shape index (κ3) is 7.37. The molecule has 0 aliphatic heterocycles. The predicted octanol–water partition coefficient (Wildman–Crippen LogP) is 5.66. The number of carbonyl (C=O) groups is 1. The number of fused-ring (bicyclic) bond motifs is 1. The highest BCUT2D eigenvalue weighted by Crippen LogP contribution is 2.31. The van der Waals surface area contributed by atoms with E-state index in [4.69, 9.17) is 4.98 Å². The first-order chi connectivity index (χ1) is 17.7. The maximum atomic E-state index is 13.6. The van der Waals surface area contributed by atoms with Crippen molar-refractivity contribution in [2.24, 2.45) is 0 Å². The molecule has 1 aromatic heterocycles. The van der Waals surface area contributed by atoms with E-state index < -0.39 is 10.0 Å². The van der Waals surface area contributed by atoms with Gasteiger partial charge in [-0.1, -0.05) is 51.0 Å². The number of amides is 1. The van der Waals surface area contributed by atoms with Crippen LogP contribution in [0.3, 0.4) is 0 Å². The molecule has 7 nitrogen and oxygen atoms in total. The van der Waals surface area contributed by atoms with Crippen molar-refractivity contribution in [2.75, 3.05) is 45.2 Å². The lowest BCUT2D eigenvalue weighted by Crippen LogP contribution is -2.37. The highest BCUT2D eigenvalue weighted by atomic mass is 32.2. The molecular formula is C28H40N4O3S2. The number of sulfonamides is 1. The number of thiazole rings is 1. The first kappa shape index (κ1) is 29.2. The molecular weight excluding hydrogens is 504 g/mol. The van der Waals surface area contributed by atoms with Crippen LogP contribution in [0.4, 0.5) is 5.13 Å². The fraction of sp³-hybridized carbons (Fsp3) is 0.500. The van der Waals surface area contributed by atoms with Gasteiger partial charge >= 0.3 is 0 Å². The van der Waals surface area contributed by atoms with Gasteiger partial charge < -0.3 is 4.90 Å². The molecule has 0 saturated heterocycles. The minimum absolute atomic E-state index is 0.186. The lowest BCUT2D eigenvalue weighted by Gasteiger charge is -2.23. The SMILES string of the molecule is CCCCN(CCCC)S(=O)(=O)c1ccc(C(=O)N(CCN(C)C)c2nc3ccc(CC)cc3s2)cc1. The molecule has 9 heteroatoms. The second-order valence-corrected chi connectivity index (χ2v) is 12.5. The Morgan fingerprint density at radius 1 is 0.892 bits per heavy atom. The van der Waals surface area contributed by atoms with E-state index in [1.54, 1.807) is 33.5 Å². The number of hydrogen-bond donors (Lipinski definition) is 0. The van der Waals surface area contributed by atoms with Crippen LogP contribution in [0.15, 0.2) is 47.4 Å². The number of aromatic nitrogens is 1. The van der Waals surface area contributed by atoms with Gasteiger partial charge in [-0.2, -0.15) is 4.31 Å². The van der Waals surface area contributed by atoms with Crippen LogP contribution in [-0.4, -0.2) is 68.8 Å². The van der Waals surface area contributed by atoms with Crippen molar-refractivity contribution in [2.45, 2.75) is 57.8 Å². The van der Waals surface area contributed by atoms with Gasteiger partial charge in [-0.3, -0.25) is 9.69 Å². The van der Waals surface area contributed by atoms with Crippen molar-refractivity contribution >= 4 is 42.6 Å². The summed E-state index contributed by atoms with van der Waals surface area (Å²) < 4.78 is 29.3. The number of hydrogen-bond acceptors (Lipinski definition) is 6. The van der Waals surface area contributed by atoms with Gasteiger partial charge in [-0.05, 0) is 75.3 Å². The highest BCUT2D eigenvalue weighted by molar-refractivity contribution is 7.89. The van der Waals surface area contributed by atoms with Crippen molar-refractivity contribution < 1.29 is 13.2 Å². The van der Waals surface area contributed by atoms with Crippen molar-refractivity contribution in [1.29, 1.82) is 0 Å². The van der Waals surface area contributed by atoms with Gasteiger partial charge in [-0.15, -0.1) is 0 Å². The lowest BCUT2D eigenvalue weighted by atomic mass is 10.2. The number of rotatable bonds is 14. The molecule has 2 aromatic carbocycles. The lowest BCUT2D eigenvalue weighted by molar-refractivity contribution is 0.0985. The molecule has 0 saturated carbocycles. The van der Waals surface area contributed by atoms with E-state index in [2.05, 4.69) is 32.9 Å². The van der Waals surface area contributed by atoms with E-state index >= 15 is 0 Å². The summed E-state index contributed by atoms with van der Waals surface area (Å²) in [5.41, 5.74) is 2.55. The summed E-state index contributed by atoms with van der Waals surface area (Å²) in [5, 5.41) is 0.650. The molecule has 0 bridgehead atoms. The Labute approximate surface area is 226 Å². The Hall–Kier alpha value is -2.33. The van der Waals surface area contributed by atoms with Crippen molar-refractivity contribution in [3.05, 3.63) is 53.6 Å². The number of likely N-dealkylation sites (N-methyl/N-ethyl adjacent to an activating group) is 1. The van der Waals surface area contributed by atoms with Crippen LogP contribution < -0.4 is 4.90 Å². The first-order valence-corrected chi connectivity index (χ1v) is 15.4. The van der Waals surface area contributed by atoms with Crippen molar-refractivity contribution in [3.8, 4) is 0 Å². The zero-order valence-electron chi connectivity index (χ0n) is 22.7. The predicted molar refractivity (Wildman–Crippen MR) is 154 cm³/mol. The number of benzene rings is 2. The maximum Gasteiger partial charge on any atom is 0.260 e. The number of nitrogens with zero attached hydrogens (tertiary/aromatic N) is 4. The second kappa shape index (κ2) is 13.5. The Morgan fingerprint density at radius 3 is 2.11 bits per heavy atom. The Kier molecular flexibility index (Phi) is 10.6. The highest BCUT2D eigenvalue weighted by Gasteiger charge is 2.25. The topological polar surface area (TPSA) is 73.8 Å². The number of anilines is 1. The van der Waals surface area contributed by atoms with Crippen LogP contribution in [0.2, 0.25) is 0 Å². The third-order valence-electron chi connectivity index (χ3n) is 6.36. The van der Waals surface area contributed by atoms with Gasteiger partial charge in [-0.25, -0.2) is 13.4 Å². The molecule has 0 spiro atoms. The average Bonchev–Trinajstić information content (AvgIpc) is 3.31. The van der Waals surface area contributed by atoms with E-state index in [0.717, 1.165) is 42.3 Å². The molecule has 37 heavy (non-hydrogen) atoms. The summed E-state index contributed by atoms with van der Waals surface area (Å²) in [6.07, 6.45) is 4.44. The summed E-state index contributed by atoms with van der Waals surface area (Å²) >= 11 is 1.51. The molecule has 1 amide bonds. The van der Waals surface area contributed by atoms with Gasteiger partial charge in [0, 0.05) is 31.7 Å². The van der Waals surface area contributed by atoms with Crippen molar-refractivity contribution in [1.82, 2.24) is 14.2 Å². The fourth-order valence-electron chi connectivity index (χ4n) is 3.97. The van der Waals surface area contributed by atoms with E-state index in [-0.39, 0.29) is 10.8 Å². The van der Waals surface area contributed by atoms with Crippen LogP contribution in [0, 0.1) is 0 Å². The average molecular weight is 545 g/mol. The quantitative estimate of drug-likeness (QED) is 0.262. The number of carbonyl (C=O) groups excluding carboxylic acids is 1. The largest absolute Gasteiger partial charge is 0.308 e. The van der Waals surface area contributed by atoms with E-state index in [1.165, 1.54) is 16.9 Å². The Bertz CT molecular complexity index is 1260. The summed E-state index contributed by atoms with van der Waals surface area (Å²) in [6, 6.07) is 12.6. The van der Waals surface area contributed by atoms with Crippen LogP contribution in [0.5, 0.6) is 0 Å². The minimum atomic E-state index is -3.61. The smallest absolute Gasteiger partial charge is 0.260 e. The van der Waals surface area contributed by atoms with Gasteiger partial charge in [0.1, 0.15) is 0 Å². The van der Waals surface area contributed by atoms with Gasteiger partial charge in [0.15, 0.2) is 5.13 Å². The van der Waals surface area contributed by atoms with Crippen molar-refractivity contribution in [3.63, 3.8) is 0 Å². The fourth-order valence-corrected chi connectivity index (χ4v) is 6.54. The standard InChI is InChI=1S/C28H40N4O3S2/c1-6-9-17-31(18-10-7-2)37(34,35)24-14-12-23(13-15-24)27(33)32(20-19-30(4)5)28-29-25-16-11-22(8-3)21-26(25)36-28/h11-16,21H,6-10,17-20H2,1-5H3. The van der Waals surface area contributed by atoms with Crippen LogP contribution in [-0.2, 0) is 16.4 Å². The van der Waals surface area contributed by atoms with E-state index in [9.17, 15) is 13.2 Å². The molecule has 3 aromatic rings. The molecule has 3 rings (SSSR count). The zero-order valence-corrected chi connectivity index (χ0v) is 24.4. The summed E-state index contributed by atoms with van der Waals surface area (Å²) in [7, 11) is 0.324. The second-order valence-electron chi connectivity index (χ2n) is 9.55. The Balaban J connectivity index is 1.89. The third-order valence-corrected chi connectivity index (χ3v) is 9.31. The Morgan fingerprint density at radius 2 is 1.54 bits per heavy atom. The summed E-state index contributed by atoms with van der Waals surface area (Å²) in [5.74, 6) is -0.186. The van der Waals surface area contributed by atoms with E-state index in [1.807, 2.05) is 25.1 Å². The van der Waals surface area contributed by atoms with Gasteiger partial charge in [0.25, 0.3) is 5.91 Å². The molecule has 0 radical (unpaired) electrons. The normalized spacial score (nSPS) is 12.1. The van der Waals surface area contributed by atoms with E-state index in [0.29, 0.717) is 36.9 Å². The van der Waals surface area contributed by atoms with Gasteiger partial charge in [0.2, 0.25) is 10.0 Å². The molecule has 0 aliphatic carbocycles. The zero-order chi connectivity index (χ0) is 27.0. The molecule has 0 fully saturated rings. The van der Waals surface area contributed by atoms with Crippen LogP contribution in [0.25, 0.3) is 10.2 Å². The first-order valence-electron chi connectivity index (χ1n) is 13.2. The summed E-state index contributed by atoms with van der Waals surface area (Å²) in [4.78, 5) is 22.4. The minimum Gasteiger partial charge on any atom is -0.308 e. The van der Waals surface area contributed by atoms with Crippen LogP contribution in [0.1, 0.15) is 62.4 Å².